The lowest BCUT2D eigenvalue weighted by Gasteiger charge is -2.21. The predicted octanol–water partition coefficient (Wildman–Crippen LogP) is 2.06. The van der Waals surface area contributed by atoms with Gasteiger partial charge < -0.3 is 25.1 Å². The molecule has 7 heteroatoms. The maximum atomic E-state index is 12.1. The van der Waals surface area contributed by atoms with Crippen LogP contribution in [-0.4, -0.2) is 47.6 Å². The molecule has 0 saturated carbocycles. The van der Waals surface area contributed by atoms with Crippen LogP contribution in [0.4, 0.5) is 5.69 Å². The lowest BCUT2D eigenvalue weighted by atomic mass is 10.2. The first kappa shape index (κ1) is 18.0. The van der Waals surface area contributed by atoms with Crippen LogP contribution < -0.4 is 10.6 Å². The number of amides is 1. The van der Waals surface area contributed by atoms with Gasteiger partial charge in [0.15, 0.2) is 11.7 Å². The summed E-state index contributed by atoms with van der Waals surface area (Å²) < 4.78 is 5.10. The molecule has 0 bridgehead atoms. The Morgan fingerprint density at radius 3 is 2.96 bits per heavy atom. The number of nitrogens with zero attached hydrogens (tertiary/aromatic N) is 2. The van der Waals surface area contributed by atoms with Gasteiger partial charge in [0.25, 0.3) is 5.91 Å². The monoisotopic (exact) mass is 356 g/mol. The second kappa shape index (κ2) is 8.53. The highest BCUT2D eigenvalue weighted by atomic mass is 16.3. The van der Waals surface area contributed by atoms with Gasteiger partial charge in [-0.3, -0.25) is 4.79 Å². The third kappa shape index (κ3) is 4.64. The zero-order chi connectivity index (χ0) is 18.4. The molecule has 1 atom stereocenters. The number of nitrogens with one attached hydrogen (secondary N) is 2. The van der Waals surface area contributed by atoms with Crippen LogP contribution >= 0.6 is 0 Å². The van der Waals surface area contributed by atoms with Gasteiger partial charge in [-0.2, -0.15) is 0 Å². The van der Waals surface area contributed by atoms with Crippen molar-refractivity contribution in [2.45, 2.75) is 26.0 Å². The van der Waals surface area contributed by atoms with E-state index in [0.29, 0.717) is 18.8 Å². The maximum absolute atomic E-state index is 12.1. The van der Waals surface area contributed by atoms with Crippen molar-refractivity contribution < 1.29 is 14.3 Å². The van der Waals surface area contributed by atoms with Gasteiger partial charge >= 0.3 is 0 Å². The first-order valence-electron chi connectivity index (χ1n) is 8.81. The Morgan fingerprint density at radius 1 is 1.38 bits per heavy atom. The number of carbonyl (C=O) groups is 1. The van der Waals surface area contributed by atoms with E-state index in [2.05, 4.69) is 20.5 Å². The molecule has 1 aliphatic rings. The summed E-state index contributed by atoms with van der Waals surface area (Å²) in [5, 5.41) is 15.8. The van der Waals surface area contributed by atoms with Crippen molar-refractivity contribution in [2.24, 2.45) is 4.99 Å². The van der Waals surface area contributed by atoms with E-state index in [-0.39, 0.29) is 17.8 Å². The second-order valence-corrected chi connectivity index (χ2v) is 6.19. The van der Waals surface area contributed by atoms with Crippen molar-refractivity contribution in [3.63, 3.8) is 0 Å². The Morgan fingerprint density at radius 2 is 2.27 bits per heavy atom. The quantitative estimate of drug-likeness (QED) is 0.564. The number of guanidine groups is 1. The van der Waals surface area contributed by atoms with Crippen LogP contribution in [0.1, 0.15) is 29.5 Å². The summed E-state index contributed by atoms with van der Waals surface area (Å²) in [7, 11) is 0. The number of aliphatic imine (C=N–C) groups is 1. The number of anilines is 1. The average molecular weight is 356 g/mol. The molecule has 1 aromatic carbocycles. The van der Waals surface area contributed by atoms with Crippen molar-refractivity contribution in [1.82, 2.24) is 10.2 Å². The summed E-state index contributed by atoms with van der Waals surface area (Å²) in [5.41, 5.74) is 1.68. The van der Waals surface area contributed by atoms with Crippen molar-refractivity contribution in [2.75, 3.05) is 25.0 Å². The molecule has 3 rings (SSSR count). The van der Waals surface area contributed by atoms with Crippen LogP contribution in [0.15, 0.2) is 52.1 Å². The molecule has 138 valence electrons. The van der Waals surface area contributed by atoms with Crippen LogP contribution in [0.5, 0.6) is 0 Å². The van der Waals surface area contributed by atoms with E-state index < -0.39 is 0 Å². The molecule has 1 aliphatic heterocycles. The fourth-order valence-electron chi connectivity index (χ4n) is 2.87. The molecule has 26 heavy (non-hydrogen) atoms. The van der Waals surface area contributed by atoms with E-state index in [0.717, 1.165) is 31.0 Å². The molecular weight excluding hydrogens is 332 g/mol. The molecule has 2 aromatic rings. The number of hydrogen-bond donors (Lipinski definition) is 3. The van der Waals surface area contributed by atoms with Crippen molar-refractivity contribution in [3.8, 4) is 0 Å². The average Bonchev–Trinajstić information content (AvgIpc) is 3.31. The first-order chi connectivity index (χ1) is 12.7. The van der Waals surface area contributed by atoms with E-state index in [9.17, 15) is 9.90 Å². The highest BCUT2D eigenvalue weighted by molar-refractivity contribution is 6.02. The topological polar surface area (TPSA) is 90.1 Å². The Bertz CT molecular complexity index is 758. The normalized spacial score (nSPS) is 17.4. The molecule has 1 aromatic heterocycles. The summed E-state index contributed by atoms with van der Waals surface area (Å²) >= 11 is 0. The van der Waals surface area contributed by atoms with E-state index in [4.69, 9.17) is 4.42 Å². The van der Waals surface area contributed by atoms with E-state index in [1.807, 2.05) is 31.2 Å². The third-order valence-electron chi connectivity index (χ3n) is 4.14. The first-order valence-corrected chi connectivity index (χ1v) is 8.81. The minimum absolute atomic E-state index is 0.274. The molecule has 1 fully saturated rings. The van der Waals surface area contributed by atoms with Crippen LogP contribution in [0.3, 0.4) is 0 Å². The largest absolute Gasteiger partial charge is 0.459 e. The molecule has 7 nitrogen and oxygen atoms in total. The van der Waals surface area contributed by atoms with Crippen LogP contribution in [0.25, 0.3) is 0 Å². The predicted molar refractivity (Wildman–Crippen MR) is 100 cm³/mol. The van der Waals surface area contributed by atoms with Crippen molar-refractivity contribution in [3.05, 3.63) is 54.0 Å². The number of likely N-dealkylation sites (tertiary alicyclic amines) is 1. The van der Waals surface area contributed by atoms with Gasteiger partial charge in [-0.15, -0.1) is 0 Å². The fraction of sp³-hybridized carbons (Fsp3) is 0.368. The molecular formula is C19H24N4O3. The molecule has 0 unspecified atom stereocenters. The Labute approximate surface area is 152 Å². The number of hydrogen-bond acceptors (Lipinski definition) is 4. The van der Waals surface area contributed by atoms with Crippen LogP contribution in [0.2, 0.25) is 0 Å². The number of benzene rings is 1. The minimum Gasteiger partial charge on any atom is -0.459 e. The van der Waals surface area contributed by atoms with Gasteiger partial charge in [-0.05, 0) is 43.2 Å². The molecule has 2 heterocycles. The minimum atomic E-state index is -0.293. The summed E-state index contributed by atoms with van der Waals surface area (Å²) in [5.74, 6) is 0.791. The molecule has 3 N–H and O–H groups in total. The Balaban J connectivity index is 1.66. The standard InChI is InChI=1S/C19H24N4O3/c1-2-20-19(23-9-8-16(24)13-23)21-12-14-5-3-6-15(11-14)22-18(25)17-7-4-10-26-17/h3-7,10-11,16,24H,2,8-9,12-13H2,1H3,(H,20,21)(H,22,25)/t16-/m1/s1. The maximum Gasteiger partial charge on any atom is 0.291 e. The number of carbonyl (C=O) groups excluding carboxylic acids is 1. The number of furan rings is 1. The number of rotatable bonds is 5. The second-order valence-electron chi connectivity index (χ2n) is 6.19. The zero-order valence-electron chi connectivity index (χ0n) is 14.8. The van der Waals surface area contributed by atoms with Gasteiger partial charge in [0.1, 0.15) is 0 Å². The van der Waals surface area contributed by atoms with Gasteiger partial charge in [-0.25, -0.2) is 4.99 Å². The highest BCUT2D eigenvalue weighted by Crippen LogP contribution is 2.14. The van der Waals surface area contributed by atoms with Gasteiger partial charge in [0.2, 0.25) is 0 Å². The van der Waals surface area contributed by atoms with E-state index in [1.54, 1.807) is 12.1 Å². The number of β-amino-alcohol motifs (C(OH)–C–C–N with tert-alkyl or cyclic N) is 1. The summed E-state index contributed by atoms with van der Waals surface area (Å²) in [4.78, 5) is 18.8. The SMILES string of the molecule is CCNC(=NCc1cccc(NC(=O)c2ccco2)c1)N1CC[C@@H](O)C1. The number of aliphatic hydroxyl groups excluding tert-OH is 1. The lowest BCUT2D eigenvalue weighted by molar-refractivity contribution is 0.0996. The molecule has 0 aliphatic carbocycles. The van der Waals surface area contributed by atoms with Gasteiger partial charge in [0.05, 0.1) is 18.9 Å². The fourth-order valence-corrected chi connectivity index (χ4v) is 2.87. The zero-order valence-corrected chi connectivity index (χ0v) is 14.8. The summed E-state index contributed by atoms with van der Waals surface area (Å²) in [6, 6.07) is 10.9. The number of aliphatic hydroxyl groups is 1. The molecule has 1 amide bonds. The Kier molecular flexibility index (Phi) is 5.91. The van der Waals surface area contributed by atoms with E-state index >= 15 is 0 Å². The summed E-state index contributed by atoms with van der Waals surface area (Å²) in [6.45, 7) is 4.67. The molecule has 0 spiro atoms. The van der Waals surface area contributed by atoms with Crippen LogP contribution in [-0.2, 0) is 6.54 Å². The lowest BCUT2D eigenvalue weighted by Crippen LogP contribution is -2.40. The summed E-state index contributed by atoms with van der Waals surface area (Å²) in [6.07, 6.45) is 1.94. The van der Waals surface area contributed by atoms with E-state index in [1.165, 1.54) is 6.26 Å². The van der Waals surface area contributed by atoms with Crippen molar-refractivity contribution >= 4 is 17.6 Å². The van der Waals surface area contributed by atoms with Gasteiger partial charge in [0, 0.05) is 25.3 Å². The van der Waals surface area contributed by atoms with Crippen molar-refractivity contribution in [1.29, 1.82) is 0 Å². The molecule has 1 saturated heterocycles. The third-order valence-corrected chi connectivity index (χ3v) is 4.14. The Hall–Kier alpha value is -2.80. The smallest absolute Gasteiger partial charge is 0.291 e. The molecule has 0 radical (unpaired) electrons. The van der Waals surface area contributed by atoms with Gasteiger partial charge in [-0.1, -0.05) is 12.1 Å². The highest BCUT2D eigenvalue weighted by Gasteiger charge is 2.22. The van der Waals surface area contributed by atoms with Crippen LogP contribution in [0, 0.1) is 0 Å².